The molecule has 1 aromatic carbocycles. The first-order valence-electron chi connectivity index (χ1n) is 11.5. The molecule has 1 N–H and O–H groups in total. The van der Waals surface area contributed by atoms with E-state index in [1.807, 2.05) is 25.5 Å². The van der Waals surface area contributed by atoms with Crippen LogP contribution in [0, 0.1) is 34.6 Å². The summed E-state index contributed by atoms with van der Waals surface area (Å²) in [7, 11) is 0. The van der Waals surface area contributed by atoms with E-state index in [-0.39, 0.29) is 12.3 Å². The Morgan fingerprint density at radius 2 is 1.71 bits per heavy atom. The molecule has 0 aliphatic rings. The molecule has 2 heterocycles. The number of aromatic nitrogens is 3. The van der Waals surface area contributed by atoms with Gasteiger partial charge in [0.25, 0.3) is 0 Å². The molecule has 184 valence electrons. The lowest BCUT2D eigenvalue weighted by Crippen LogP contribution is -2.14. The number of hydrogen-bond donors (Lipinski definition) is 1. The molecule has 0 spiro atoms. The van der Waals surface area contributed by atoms with Crippen LogP contribution in [0.2, 0.25) is 0 Å². The van der Waals surface area contributed by atoms with Crippen molar-refractivity contribution in [1.82, 2.24) is 14.8 Å². The van der Waals surface area contributed by atoms with E-state index in [2.05, 4.69) is 34.3 Å². The zero-order chi connectivity index (χ0) is 25.7. The number of nitrogens with zero attached hydrogens (tertiary/aromatic N) is 2. The lowest BCUT2D eigenvalue weighted by Gasteiger charge is -2.05. The van der Waals surface area contributed by atoms with E-state index in [9.17, 15) is 14.4 Å². The van der Waals surface area contributed by atoms with Crippen LogP contribution in [0.1, 0.15) is 67.1 Å². The summed E-state index contributed by atoms with van der Waals surface area (Å²) in [5.41, 5.74) is 6.44. The fraction of sp³-hybridized carbons (Fsp3) is 0.333. The third kappa shape index (κ3) is 5.95. The van der Waals surface area contributed by atoms with Crippen molar-refractivity contribution >= 4 is 23.8 Å². The van der Waals surface area contributed by atoms with Gasteiger partial charge in [0, 0.05) is 28.6 Å². The summed E-state index contributed by atoms with van der Waals surface area (Å²) in [6.07, 6.45) is 2.95. The Morgan fingerprint density at radius 3 is 2.37 bits per heavy atom. The van der Waals surface area contributed by atoms with Gasteiger partial charge in [-0.2, -0.15) is 5.10 Å². The van der Waals surface area contributed by atoms with E-state index in [0.717, 1.165) is 22.5 Å². The van der Waals surface area contributed by atoms with Crippen molar-refractivity contribution in [3.8, 4) is 0 Å². The summed E-state index contributed by atoms with van der Waals surface area (Å²) in [6.45, 7) is 11.3. The minimum absolute atomic E-state index is 0.229. The van der Waals surface area contributed by atoms with Gasteiger partial charge < -0.3 is 14.5 Å². The van der Waals surface area contributed by atoms with E-state index >= 15 is 0 Å². The van der Waals surface area contributed by atoms with Gasteiger partial charge in [-0.25, -0.2) is 9.59 Å². The first-order valence-corrected chi connectivity index (χ1v) is 11.5. The minimum Gasteiger partial charge on any atom is -0.461 e. The first kappa shape index (κ1) is 25.7. The molecule has 0 aliphatic heterocycles. The summed E-state index contributed by atoms with van der Waals surface area (Å²) in [5.74, 6) is -1.56. The minimum atomic E-state index is -0.639. The van der Waals surface area contributed by atoms with Gasteiger partial charge >= 0.3 is 11.9 Å². The van der Waals surface area contributed by atoms with E-state index in [4.69, 9.17) is 9.47 Å². The van der Waals surface area contributed by atoms with Crippen LogP contribution in [0.15, 0.2) is 30.3 Å². The number of hydrogen-bond acceptors (Lipinski definition) is 6. The standard InChI is InChI=1S/C27H31N3O5/c1-7-34-27(33)26-17(3)25(19(5)28-26)23(31)15-35-24(32)13-12-22-18(4)29-30(20(22)6)14-21-10-8-16(2)9-11-21/h8-13,28H,7,14-15H2,1-6H3/b13-12+. The number of benzene rings is 1. The van der Waals surface area contributed by atoms with Crippen LogP contribution in [-0.4, -0.2) is 45.7 Å². The number of H-pyrrole nitrogens is 1. The van der Waals surface area contributed by atoms with Crippen molar-refractivity contribution in [1.29, 1.82) is 0 Å². The van der Waals surface area contributed by atoms with Crippen molar-refractivity contribution in [2.45, 2.75) is 48.1 Å². The van der Waals surface area contributed by atoms with E-state index < -0.39 is 24.3 Å². The Labute approximate surface area is 204 Å². The van der Waals surface area contributed by atoms with E-state index in [1.54, 1.807) is 26.8 Å². The highest BCUT2D eigenvalue weighted by molar-refractivity contribution is 6.04. The van der Waals surface area contributed by atoms with Crippen molar-refractivity contribution in [3.63, 3.8) is 0 Å². The molecule has 0 amide bonds. The monoisotopic (exact) mass is 477 g/mol. The third-order valence-corrected chi connectivity index (χ3v) is 5.82. The first-order chi connectivity index (χ1) is 16.6. The summed E-state index contributed by atoms with van der Waals surface area (Å²) < 4.78 is 12.1. The number of aromatic amines is 1. The number of aryl methyl sites for hydroxylation is 3. The second-order valence-electron chi connectivity index (χ2n) is 8.44. The average Bonchev–Trinajstić information content (AvgIpc) is 3.26. The highest BCUT2D eigenvalue weighted by Crippen LogP contribution is 2.20. The molecule has 0 atom stereocenters. The van der Waals surface area contributed by atoms with E-state index in [0.29, 0.717) is 23.4 Å². The Hall–Kier alpha value is -3.94. The molecule has 3 aromatic rings. The second kappa shape index (κ2) is 11.0. The maximum absolute atomic E-state index is 12.7. The van der Waals surface area contributed by atoms with Gasteiger partial charge in [0.1, 0.15) is 5.69 Å². The molecule has 2 aromatic heterocycles. The topological polar surface area (TPSA) is 103 Å². The molecule has 35 heavy (non-hydrogen) atoms. The quantitative estimate of drug-likeness (QED) is 0.278. The van der Waals surface area contributed by atoms with E-state index in [1.165, 1.54) is 11.6 Å². The molecule has 8 nitrogen and oxygen atoms in total. The third-order valence-electron chi connectivity index (χ3n) is 5.82. The smallest absolute Gasteiger partial charge is 0.355 e. The van der Waals surface area contributed by atoms with Gasteiger partial charge in [0.15, 0.2) is 6.61 Å². The van der Waals surface area contributed by atoms with Crippen LogP contribution in [0.5, 0.6) is 0 Å². The highest BCUT2D eigenvalue weighted by Gasteiger charge is 2.23. The SMILES string of the molecule is CCOC(=O)c1[nH]c(C)c(C(=O)COC(=O)/C=C/c2c(C)nn(Cc3ccc(C)cc3)c2C)c1C. The highest BCUT2D eigenvalue weighted by atomic mass is 16.5. The number of ketones is 1. The van der Waals surface area contributed by atoms with Gasteiger partial charge in [-0.3, -0.25) is 9.48 Å². The molecule has 0 bridgehead atoms. The molecular weight excluding hydrogens is 446 g/mol. The van der Waals surface area contributed by atoms with Gasteiger partial charge in [-0.15, -0.1) is 0 Å². The molecule has 0 saturated heterocycles. The van der Waals surface area contributed by atoms with Crippen molar-refractivity contribution < 1.29 is 23.9 Å². The molecule has 0 fully saturated rings. The maximum Gasteiger partial charge on any atom is 0.355 e. The lowest BCUT2D eigenvalue weighted by atomic mass is 10.1. The Morgan fingerprint density at radius 1 is 1.03 bits per heavy atom. The fourth-order valence-corrected chi connectivity index (χ4v) is 3.96. The largest absolute Gasteiger partial charge is 0.461 e. The molecule has 0 radical (unpaired) electrons. The molecule has 3 rings (SSSR count). The summed E-state index contributed by atoms with van der Waals surface area (Å²) in [6, 6.07) is 8.26. The Kier molecular flexibility index (Phi) is 8.06. The lowest BCUT2D eigenvalue weighted by molar-refractivity contribution is -0.136. The summed E-state index contributed by atoms with van der Waals surface area (Å²) in [5, 5.41) is 4.59. The fourth-order valence-electron chi connectivity index (χ4n) is 3.96. The second-order valence-corrected chi connectivity index (χ2v) is 8.44. The maximum atomic E-state index is 12.7. The van der Waals surface area contributed by atoms with Crippen LogP contribution < -0.4 is 0 Å². The Bertz CT molecular complexity index is 1280. The predicted octanol–water partition coefficient (Wildman–Crippen LogP) is 4.42. The predicted molar refractivity (Wildman–Crippen MR) is 133 cm³/mol. The number of carbonyl (C=O) groups is 3. The van der Waals surface area contributed by atoms with Gasteiger partial charge in [0.2, 0.25) is 5.78 Å². The summed E-state index contributed by atoms with van der Waals surface area (Å²) in [4.78, 5) is 39.9. The van der Waals surface area contributed by atoms with Crippen molar-refractivity contribution in [2.75, 3.05) is 13.2 Å². The van der Waals surface area contributed by atoms with Gasteiger partial charge in [-0.1, -0.05) is 29.8 Å². The van der Waals surface area contributed by atoms with Crippen LogP contribution >= 0.6 is 0 Å². The summed E-state index contributed by atoms with van der Waals surface area (Å²) >= 11 is 0. The molecule has 0 saturated carbocycles. The number of ether oxygens (including phenoxy) is 2. The molecule has 0 aliphatic carbocycles. The Balaban J connectivity index is 1.64. The number of esters is 2. The number of Topliss-reactive ketones (excluding diaryl/α,β-unsaturated/α-hetero) is 1. The zero-order valence-electron chi connectivity index (χ0n) is 21.0. The molecule has 0 unspecified atom stereocenters. The normalized spacial score (nSPS) is 11.1. The van der Waals surface area contributed by atoms with Crippen LogP contribution in [0.3, 0.4) is 0 Å². The number of carbonyl (C=O) groups excluding carboxylic acids is 3. The van der Waals surface area contributed by atoms with Gasteiger partial charge in [0.05, 0.1) is 18.8 Å². The molecule has 8 heteroatoms. The van der Waals surface area contributed by atoms with Crippen LogP contribution in [-0.2, 0) is 20.8 Å². The zero-order valence-corrected chi connectivity index (χ0v) is 21.0. The number of rotatable bonds is 9. The molecular formula is C27H31N3O5. The van der Waals surface area contributed by atoms with Crippen LogP contribution in [0.4, 0.5) is 0 Å². The van der Waals surface area contributed by atoms with Crippen molar-refractivity contribution in [3.05, 3.63) is 80.9 Å². The van der Waals surface area contributed by atoms with Crippen molar-refractivity contribution in [2.24, 2.45) is 0 Å². The van der Waals surface area contributed by atoms with Gasteiger partial charge in [-0.05, 0) is 58.7 Å². The van der Waals surface area contributed by atoms with Crippen LogP contribution in [0.25, 0.3) is 6.08 Å². The average molecular weight is 478 g/mol. The number of nitrogens with one attached hydrogen (secondary N) is 1.